The van der Waals surface area contributed by atoms with Crippen LogP contribution in [0.25, 0.3) is 0 Å². The normalized spacial score (nSPS) is 12.6. The molecule has 0 saturated carbocycles. The van der Waals surface area contributed by atoms with Crippen LogP contribution in [0.1, 0.15) is 37.0 Å². The zero-order chi connectivity index (χ0) is 30.9. The molecule has 0 saturated heterocycles. The van der Waals surface area contributed by atoms with E-state index in [4.69, 9.17) is 9.47 Å². The summed E-state index contributed by atoms with van der Waals surface area (Å²) in [6.07, 6.45) is 2.02. The van der Waals surface area contributed by atoms with Crippen molar-refractivity contribution in [1.29, 1.82) is 0 Å². The largest absolute Gasteiger partial charge is 0.493 e. The number of carbonyl (C=O) groups excluding carboxylic acids is 2. The van der Waals surface area contributed by atoms with E-state index in [1.54, 1.807) is 12.1 Å². The highest BCUT2D eigenvalue weighted by Crippen LogP contribution is 2.32. The zero-order valence-electron chi connectivity index (χ0n) is 25.2. The first-order valence-corrected chi connectivity index (χ1v) is 15.7. The van der Waals surface area contributed by atoms with E-state index in [1.165, 1.54) is 25.2 Å². The predicted octanol–water partition coefficient (Wildman–Crippen LogP) is 4.33. The van der Waals surface area contributed by atoms with Crippen molar-refractivity contribution in [2.24, 2.45) is 0 Å². The van der Waals surface area contributed by atoms with Gasteiger partial charge in [0, 0.05) is 25.1 Å². The molecule has 42 heavy (non-hydrogen) atoms. The number of carbonyl (C=O) groups is 2. The lowest BCUT2D eigenvalue weighted by atomic mass is 10.0. The third-order valence-electron chi connectivity index (χ3n) is 7.04. The van der Waals surface area contributed by atoms with Gasteiger partial charge in [-0.2, -0.15) is 0 Å². The smallest absolute Gasteiger partial charge is 0.244 e. The van der Waals surface area contributed by atoms with Crippen LogP contribution in [-0.2, 0) is 32.6 Å². The van der Waals surface area contributed by atoms with E-state index in [-0.39, 0.29) is 30.6 Å². The number of rotatable bonds is 14. The molecule has 0 aliphatic heterocycles. The van der Waals surface area contributed by atoms with E-state index in [9.17, 15) is 18.0 Å². The maximum Gasteiger partial charge on any atom is 0.244 e. The van der Waals surface area contributed by atoms with Gasteiger partial charge < -0.3 is 19.7 Å². The molecule has 3 rings (SSSR count). The Morgan fingerprint density at radius 3 is 2.17 bits per heavy atom. The molecule has 9 nitrogen and oxygen atoms in total. The van der Waals surface area contributed by atoms with E-state index in [0.29, 0.717) is 11.5 Å². The fourth-order valence-electron chi connectivity index (χ4n) is 4.60. The van der Waals surface area contributed by atoms with Crippen molar-refractivity contribution >= 4 is 27.5 Å². The lowest BCUT2D eigenvalue weighted by Gasteiger charge is -2.34. The first-order chi connectivity index (χ1) is 20.0. The Labute approximate surface area is 249 Å². The highest BCUT2D eigenvalue weighted by atomic mass is 32.2. The summed E-state index contributed by atoms with van der Waals surface area (Å²) in [7, 11) is -0.978. The van der Waals surface area contributed by atoms with Crippen molar-refractivity contribution in [3.05, 3.63) is 89.5 Å². The molecule has 0 aliphatic rings. The molecule has 0 bridgehead atoms. The molecular formula is C32H41N3O6S. The van der Waals surface area contributed by atoms with E-state index >= 15 is 0 Å². The number of amides is 2. The van der Waals surface area contributed by atoms with Crippen LogP contribution in [0.3, 0.4) is 0 Å². The highest BCUT2D eigenvalue weighted by Gasteiger charge is 2.33. The molecule has 2 atom stereocenters. The Bertz CT molecular complexity index is 1460. The van der Waals surface area contributed by atoms with Gasteiger partial charge in [0.1, 0.15) is 12.6 Å². The Kier molecular flexibility index (Phi) is 11.4. The van der Waals surface area contributed by atoms with Gasteiger partial charge in [0.05, 0.1) is 26.2 Å². The second kappa shape index (κ2) is 14.7. The standard InChI is InChI=1S/C32H41N3O6S/c1-7-24(3)33-32(37)28(19-25-13-9-8-10-14-25)34(21-26-15-11-12-23(2)18-26)31(36)22-35(42(6,38)39)27-16-17-29(40-4)30(20-27)41-5/h8-18,20,24,28H,7,19,21-22H2,1-6H3,(H,33,37). The van der Waals surface area contributed by atoms with Gasteiger partial charge in [-0.3, -0.25) is 13.9 Å². The van der Waals surface area contributed by atoms with Crippen LogP contribution in [0.2, 0.25) is 0 Å². The van der Waals surface area contributed by atoms with Gasteiger partial charge in [-0.05, 0) is 43.5 Å². The number of methoxy groups -OCH3 is 2. The van der Waals surface area contributed by atoms with Crippen molar-refractivity contribution in [3.8, 4) is 11.5 Å². The van der Waals surface area contributed by atoms with Crippen molar-refractivity contribution in [2.75, 3.05) is 31.3 Å². The van der Waals surface area contributed by atoms with E-state index in [0.717, 1.165) is 33.7 Å². The number of nitrogens with one attached hydrogen (secondary N) is 1. The first kappa shape index (κ1) is 32.5. The Morgan fingerprint density at radius 2 is 1.57 bits per heavy atom. The van der Waals surface area contributed by atoms with Crippen molar-refractivity contribution in [2.45, 2.75) is 52.2 Å². The van der Waals surface area contributed by atoms with Crippen molar-refractivity contribution in [3.63, 3.8) is 0 Å². The quantitative estimate of drug-likeness (QED) is 0.298. The summed E-state index contributed by atoms with van der Waals surface area (Å²) < 4.78 is 37.7. The van der Waals surface area contributed by atoms with Crippen LogP contribution in [0.4, 0.5) is 5.69 Å². The van der Waals surface area contributed by atoms with Gasteiger partial charge in [-0.15, -0.1) is 0 Å². The number of sulfonamides is 1. The Balaban J connectivity index is 2.08. The fraction of sp³-hybridized carbons (Fsp3) is 0.375. The van der Waals surface area contributed by atoms with E-state index in [2.05, 4.69) is 5.32 Å². The van der Waals surface area contributed by atoms with Gasteiger partial charge in [-0.25, -0.2) is 8.42 Å². The molecule has 0 radical (unpaired) electrons. The molecule has 0 aliphatic carbocycles. The molecule has 0 spiro atoms. The SMILES string of the molecule is CCC(C)NC(=O)C(Cc1ccccc1)N(Cc1cccc(C)c1)C(=O)CN(c1ccc(OC)c(OC)c1)S(C)(=O)=O. The van der Waals surface area contributed by atoms with E-state index < -0.39 is 28.5 Å². The molecule has 2 unspecified atom stereocenters. The summed E-state index contributed by atoms with van der Waals surface area (Å²) in [5, 5.41) is 3.03. The Morgan fingerprint density at radius 1 is 0.905 bits per heavy atom. The molecule has 1 N–H and O–H groups in total. The van der Waals surface area contributed by atoms with Crippen LogP contribution in [0.15, 0.2) is 72.8 Å². The number of hydrogen-bond donors (Lipinski definition) is 1. The van der Waals surface area contributed by atoms with Crippen LogP contribution in [-0.4, -0.2) is 64.2 Å². The summed E-state index contributed by atoms with van der Waals surface area (Å²) in [5.41, 5.74) is 2.95. The van der Waals surface area contributed by atoms with Gasteiger partial charge >= 0.3 is 0 Å². The number of benzene rings is 3. The summed E-state index contributed by atoms with van der Waals surface area (Å²) in [6, 6.07) is 20.8. The average molecular weight is 596 g/mol. The number of hydrogen-bond acceptors (Lipinski definition) is 6. The van der Waals surface area contributed by atoms with Gasteiger partial charge in [0.25, 0.3) is 0 Å². The monoisotopic (exact) mass is 595 g/mol. The topological polar surface area (TPSA) is 105 Å². The van der Waals surface area contributed by atoms with Gasteiger partial charge in [0.2, 0.25) is 21.8 Å². The average Bonchev–Trinajstić information content (AvgIpc) is 2.97. The number of aryl methyl sites for hydroxylation is 1. The van der Waals surface area contributed by atoms with Crippen molar-refractivity contribution in [1.82, 2.24) is 10.2 Å². The molecule has 3 aromatic carbocycles. The van der Waals surface area contributed by atoms with Gasteiger partial charge in [0.15, 0.2) is 11.5 Å². The van der Waals surface area contributed by atoms with Crippen molar-refractivity contribution < 1.29 is 27.5 Å². The number of ether oxygens (including phenoxy) is 2. The second-order valence-electron chi connectivity index (χ2n) is 10.3. The third kappa shape index (κ3) is 8.72. The maximum absolute atomic E-state index is 14.2. The molecular weight excluding hydrogens is 554 g/mol. The lowest BCUT2D eigenvalue weighted by Crippen LogP contribution is -2.54. The molecule has 0 heterocycles. The number of nitrogens with zero attached hydrogens (tertiary/aromatic N) is 2. The van der Waals surface area contributed by atoms with Gasteiger partial charge in [-0.1, -0.05) is 67.1 Å². The highest BCUT2D eigenvalue weighted by molar-refractivity contribution is 7.92. The number of anilines is 1. The molecule has 0 fully saturated rings. The minimum Gasteiger partial charge on any atom is -0.493 e. The minimum atomic E-state index is -3.91. The second-order valence-corrected chi connectivity index (χ2v) is 12.2. The van der Waals surface area contributed by atoms with Crippen LogP contribution in [0, 0.1) is 6.92 Å². The summed E-state index contributed by atoms with van der Waals surface area (Å²) in [5.74, 6) is -0.0717. The van der Waals surface area contributed by atoms with Crippen LogP contribution in [0.5, 0.6) is 11.5 Å². The molecule has 226 valence electrons. The van der Waals surface area contributed by atoms with Crippen LogP contribution >= 0.6 is 0 Å². The predicted molar refractivity (Wildman–Crippen MR) is 165 cm³/mol. The van der Waals surface area contributed by atoms with E-state index in [1.807, 2.05) is 75.4 Å². The minimum absolute atomic E-state index is 0.106. The lowest BCUT2D eigenvalue weighted by molar-refractivity contribution is -0.140. The summed E-state index contributed by atoms with van der Waals surface area (Å²) in [4.78, 5) is 29.5. The fourth-order valence-corrected chi connectivity index (χ4v) is 5.44. The van der Waals surface area contributed by atoms with Crippen LogP contribution < -0.4 is 19.1 Å². The maximum atomic E-state index is 14.2. The summed E-state index contributed by atoms with van der Waals surface area (Å²) >= 11 is 0. The Hall–Kier alpha value is -4.05. The molecule has 3 aromatic rings. The summed E-state index contributed by atoms with van der Waals surface area (Å²) in [6.45, 7) is 5.44. The third-order valence-corrected chi connectivity index (χ3v) is 8.18. The zero-order valence-corrected chi connectivity index (χ0v) is 26.0. The molecule has 0 aromatic heterocycles. The first-order valence-electron chi connectivity index (χ1n) is 13.9. The molecule has 10 heteroatoms. The molecule has 2 amide bonds.